The third-order valence-corrected chi connectivity index (χ3v) is 2.90. The fraction of sp³-hybridized carbons (Fsp3) is 0. The average molecular weight is 285 g/mol. The molecule has 0 heterocycles. The van der Waals surface area contributed by atoms with Crippen molar-refractivity contribution in [2.24, 2.45) is 0 Å². The fourth-order valence-corrected chi connectivity index (χ4v) is 1.90. The van der Waals surface area contributed by atoms with Crippen molar-refractivity contribution < 1.29 is 4.92 Å². The number of nitro benzene ring substituents is 1. The number of rotatable bonds is 3. The maximum atomic E-state index is 10.6. The predicted molar refractivity (Wildman–Crippen MR) is 78.0 cm³/mol. The van der Waals surface area contributed by atoms with E-state index in [1.54, 1.807) is 36.4 Å². The summed E-state index contributed by atoms with van der Waals surface area (Å²) < 4.78 is 0. The third-order valence-electron chi connectivity index (χ3n) is 2.67. The minimum absolute atomic E-state index is 0.00575. The van der Waals surface area contributed by atoms with Crippen LogP contribution in [-0.4, -0.2) is 4.92 Å². The van der Waals surface area contributed by atoms with Crippen molar-refractivity contribution in [3.63, 3.8) is 0 Å². The van der Waals surface area contributed by atoms with Gasteiger partial charge in [-0.2, -0.15) is 5.26 Å². The van der Waals surface area contributed by atoms with Crippen LogP contribution < -0.4 is 0 Å². The van der Waals surface area contributed by atoms with Gasteiger partial charge in [-0.1, -0.05) is 23.7 Å². The van der Waals surface area contributed by atoms with Crippen LogP contribution >= 0.6 is 11.6 Å². The lowest BCUT2D eigenvalue weighted by Gasteiger charge is -2.00. The Hall–Kier alpha value is -2.64. The Morgan fingerprint density at radius 1 is 1.25 bits per heavy atom. The molecular weight excluding hydrogens is 276 g/mol. The van der Waals surface area contributed by atoms with E-state index in [1.807, 2.05) is 6.07 Å². The summed E-state index contributed by atoms with van der Waals surface area (Å²) in [5, 5.41) is 20.4. The molecule has 0 radical (unpaired) electrons. The minimum Gasteiger partial charge on any atom is -0.258 e. The molecule has 0 amide bonds. The number of non-ortho nitro benzene ring substituents is 1. The van der Waals surface area contributed by atoms with E-state index in [4.69, 9.17) is 11.6 Å². The number of nitro groups is 1. The molecule has 4 nitrogen and oxygen atoms in total. The third kappa shape index (κ3) is 3.22. The number of benzene rings is 2. The van der Waals surface area contributed by atoms with Crippen LogP contribution in [0.3, 0.4) is 0 Å². The second kappa shape index (κ2) is 6.00. The van der Waals surface area contributed by atoms with Crippen LogP contribution in [0.5, 0.6) is 0 Å². The lowest BCUT2D eigenvalue weighted by atomic mass is 10.0. The molecular formula is C15H9ClN2O2. The normalized spacial score (nSPS) is 10.9. The summed E-state index contributed by atoms with van der Waals surface area (Å²) in [5.41, 5.74) is 1.83. The van der Waals surface area contributed by atoms with Gasteiger partial charge in [0.25, 0.3) is 5.69 Å². The molecule has 2 aromatic rings. The maximum Gasteiger partial charge on any atom is 0.269 e. The quantitative estimate of drug-likeness (QED) is 0.365. The molecule has 0 saturated carbocycles. The summed E-state index contributed by atoms with van der Waals surface area (Å²) in [7, 11) is 0. The SMILES string of the molecule is N#C/C(=C\c1cccc(Cl)c1)c1ccc([N+](=O)[O-])cc1. The van der Waals surface area contributed by atoms with E-state index in [0.29, 0.717) is 16.2 Å². The molecule has 5 heteroatoms. The average Bonchev–Trinajstić information content (AvgIpc) is 2.45. The van der Waals surface area contributed by atoms with Gasteiger partial charge in [0.15, 0.2) is 0 Å². The van der Waals surface area contributed by atoms with Crippen molar-refractivity contribution in [2.45, 2.75) is 0 Å². The summed E-state index contributed by atoms with van der Waals surface area (Å²) >= 11 is 5.89. The molecule has 0 spiro atoms. The van der Waals surface area contributed by atoms with Crippen molar-refractivity contribution in [3.8, 4) is 6.07 Å². The van der Waals surface area contributed by atoms with E-state index in [-0.39, 0.29) is 5.69 Å². The topological polar surface area (TPSA) is 66.9 Å². The fourth-order valence-electron chi connectivity index (χ4n) is 1.71. The second-order valence-electron chi connectivity index (χ2n) is 4.03. The molecule has 0 aliphatic heterocycles. The van der Waals surface area contributed by atoms with E-state index in [0.717, 1.165) is 5.56 Å². The Morgan fingerprint density at radius 3 is 2.50 bits per heavy atom. The summed E-state index contributed by atoms with van der Waals surface area (Å²) in [6.07, 6.45) is 1.69. The van der Waals surface area contributed by atoms with Crippen molar-refractivity contribution >= 4 is 28.9 Å². The summed E-state index contributed by atoms with van der Waals surface area (Å²) in [5.74, 6) is 0. The monoisotopic (exact) mass is 284 g/mol. The van der Waals surface area contributed by atoms with Crippen molar-refractivity contribution in [1.82, 2.24) is 0 Å². The van der Waals surface area contributed by atoms with Gasteiger partial charge >= 0.3 is 0 Å². The van der Waals surface area contributed by atoms with Crippen LogP contribution in [0.4, 0.5) is 5.69 Å². The number of halogens is 1. The first-order valence-corrected chi connectivity index (χ1v) is 6.10. The van der Waals surface area contributed by atoms with Gasteiger partial charge in [-0.15, -0.1) is 0 Å². The molecule has 20 heavy (non-hydrogen) atoms. The highest BCUT2D eigenvalue weighted by Crippen LogP contribution is 2.21. The Balaban J connectivity index is 2.37. The van der Waals surface area contributed by atoms with Crippen LogP contribution in [0.1, 0.15) is 11.1 Å². The van der Waals surface area contributed by atoms with Crippen LogP contribution in [-0.2, 0) is 0 Å². The van der Waals surface area contributed by atoms with Crippen LogP contribution in [0, 0.1) is 21.4 Å². The number of allylic oxidation sites excluding steroid dienone is 1. The van der Waals surface area contributed by atoms with Gasteiger partial charge in [-0.3, -0.25) is 10.1 Å². The molecule has 0 aliphatic carbocycles. The minimum atomic E-state index is -0.476. The predicted octanol–water partition coefficient (Wildman–Crippen LogP) is 4.31. The second-order valence-corrected chi connectivity index (χ2v) is 4.47. The van der Waals surface area contributed by atoms with E-state index in [9.17, 15) is 15.4 Å². The molecule has 0 aliphatic rings. The molecule has 0 saturated heterocycles. The van der Waals surface area contributed by atoms with Gasteiger partial charge in [0.2, 0.25) is 0 Å². The largest absolute Gasteiger partial charge is 0.269 e. The van der Waals surface area contributed by atoms with Crippen LogP contribution in [0.15, 0.2) is 48.5 Å². The molecule has 0 N–H and O–H groups in total. The molecule has 0 atom stereocenters. The highest BCUT2D eigenvalue weighted by Gasteiger charge is 2.06. The van der Waals surface area contributed by atoms with Crippen molar-refractivity contribution in [1.29, 1.82) is 5.26 Å². The lowest BCUT2D eigenvalue weighted by molar-refractivity contribution is -0.384. The van der Waals surface area contributed by atoms with Crippen LogP contribution in [0.25, 0.3) is 11.6 Å². The first-order valence-electron chi connectivity index (χ1n) is 5.72. The van der Waals surface area contributed by atoms with Crippen LogP contribution in [0.2, 0.25) is 5.02 Å². The molecule has 0 unspecified atom stereocenters. The summed E-state index contributed by atoms with van der Waals surface area (Å²) in [4.78, 5) is 10.1. The number of nitriles is 1. The molecule has 2 aromatic carbocycles. The van der Waals surface area contributed by atoms with Crippen molar-refractivity contribution in [2.75, 3.05) is 0 Å². The standard InChI is InChI=1S/C15H9ClN2O2/c16-14-3-1-2-11(9-14)8-13(10-17)12-4-6-15(7-5-12)18(19)20/h1-9H/b13-8+. The van der Waals surface area contributed by atoms with Gasteiger partial charge in [0.05, 0.1) is 16.6 Å². The Kier molecular flexibility index (Phi) is 4.14. The number of hydrogen-bond acceptors (Lipinski definition) is 3. The number of hydrogen-bond donors (Lipinski definition) is 0. The van der Waals surface area contributed by atoms with Gasteiger partial charge in [-0.05, 0) is 41.5 Å². The molecule has 0 fully saturated rings. The van der Waals surface area contributed by atoms with Gasteiger partial charge in [0, 0.05) is 17.2 Å². The Morgan fingerprint density at radius 2 is 1.95 bits per heavy atom. The van der Waals surface area contributed by atoms with E-state index < -0.39 is 4.92 Å². The molecule has 0 bridgehead atoms. The first-order chi connectivity index (χ1) is 9.60. The highest BCUT2D eigenvalue weighted by molar-refractivity contribution is 6.30. The Bertz CT molecular complexity index is 715. The lowest BCUT2D eigenvalue weighted by Crippen LogP contribution is -1.88. The summed E-state index contributed by atoms with van der Waals surface area (Å²) in [6.45, 7) is 0. The maximum absolute atomic E-state index is 10.6. The number of nitrogens with zero attached hydrogens (tertiary/aromatic N) is 2. The van der Waals surface area contributed by atoms with Crippen molar-refractivity contribution in [3.05, 3.63) is 74.8 Å². The zero-order chi connectivity index (χ0) is 14.5. The van der Waals surface area contributed by atoms with E-state index in [1.165, 1.54) is 12.1 Å². The molecule has 0 aromatic heterocycles. The summed E-state index contributed by atoms with van der Waals surface area (Å²) in [6, 6.07) is 15.0. The first kappa shape index (κ1) is 13.8. The van der Waals surface area contributed by atoms with E-state index in [2.05, 4.69) is 6.07 Å². The van der Waals surface area contributed by atoms with Gasteiger partial charge < -0.3 is 0 Å². The highest BCUT2D eigenvalue weighted by atomic mass is 35.5. The van der Waals surface area contributed by atoms with Gasteiger partial charge in [-0.25, -0.2) is 0 Å². The van der Waals surface area contributed by atoms with E-state index >= 15 is 0 Å². The zero-order valence-electron chi connectivity index (χ0n) is 10.3. The zero-order valence-corrected chi connectivity index (χ0v) is 11.0. The van der Waals surface area contributed by atoms with Gasteiger partial charge in [0.1, 0.15) is 0 Å². The Labute approximate surface area is 120 Å². The smallest absolute Gasteiger partial charge is 0.258 e. The molecule has 98 valence electrons. The molecule has 2 rings (SSSR count).